The Morgan fingerprint density at radius 2 is 1.93 bits per heavy atom. The van der Waals surface area contributed by atoms with Crippen LogP contribution >= 0.6 is 0 Å². The third-order valence-corrected chi connectivity index (χ3v) is 6.32. The molecule has 2 N–H and O–H groups in total. The molecule has 1 heterocycles. The third-order valence-electron chi connectivity index (χ3n) is 6.32. The van der Waals surface area contributed by atoms with Crippen LogP contribution in [0, 0.1) is 5.41 Å². The lowest BCUT2D eigenvalue weighted by Gasteiger charge is -2.27. The molecule has 2 saturated carbocycles. The molecule has 5 nitrogen and oxygen atoms in total. The summed E-state index contributed by atoms with van der Waals surface area (Å²) in [5.74, 6) is 0.0300. The van der Waals surface area contributed by atoms with Gasteiger partial charge in [-0.2, -0.15) is 18.3 Å². The predicted octanol–water partition coefficient (Wildman–Crippen LogP) is 4.40. The first kappa shape index (κ1) is 20.9. The van der Waals surface area contributed by atoms with Gasteiger partial charge in [0.15, 0.2) is 0 Å². The van der Waals surface area contributed by atoms with E-state index in [-0.39, 0.29) is 31.9 Å². The zero-order chi connectivity index (χ0) is 21.4. The lowest BCUT2D eigenvalue weighted by Crippen LogP contribution is -2.30. The largest absolute Gasteiger partial charge is 0.395 e. The summed E-state index contributed by atoms with van der Waals surface area (Å²) in [5.41, 5.74) is 0.900. The number of amides is 1. The molecule has 0 unspecified atom stereocenters. The van der Waals surface area contributed by atoms with E-state index in [0.717, 1.165) is 36.1 Å². The predicted molar refractivity (Wildman–Crippen MR) is 106 cm³/mol. The van der Waals surface area contributed by atoms with Crippen molar-refractivity contribution < 1.29 is 23.1 Å². The monoisotopic (exact) mass is 421 g/mol. The number of carbonyl (C=O) groups excluding carboxylic acids is 1. The first-order valence-electron chi connectivity index (χ1n) is 10.4. The first-order chi connectivity index (χ1) is 14.3. The molecule has 1 aromatic heterocycles. The number of halogens is 3. The van der Waals surface area contributed by atoms with E-state index in [4.69, 9.17) is 0 Å². The van der Waals surface area contributed by atoms with E-state index < -0.39 is 23.9 Å². The van der Waals surface area contributed by atoms with Gasteiger partial charge in [-0.05, 0) is 37.2 Å². The molecule has 2 fully saturated rings. The van der Waals surface area contributed by atoms with Crippen LogP contribution in [0.2, 0.25) is 0 Å². The SMILES string of the molecule is O=C(CC1(C(F)(F)F)CC1)Nc1c(C2CCC2)c(Cc2ccccc2)nn1CCO. The number of rotatable bonds is 8. The molecule has 2 aliphatic rings. The van der Waals surface area contributed by atoms with Crippen molar-refractivity contribution in [3.05, 3.63) is 47.2 Å². The van der Waals surface area contributed by atoms with E-state index in [1.807, 2.05) is 30.3 Å². The van der Waals surface area contributed by atoms with E-state index in [1.165, 1.54) is 4.68 Å². The number of benzene rings is 1. The zero-order valence-corrected chi connectivity index (χ0v) is 16.7. The van der Waals surface area contributed by atoms with Gasteiger partial charge in [-0.3, -0.25) is 4.79 Å². The van der Waals surface area contributed by atoms with E-state index in [0.29, 0.717) is 12.2 Å². The summed E-state index contributed by atoms with van der Waals surface area (Å²) in [6, 6.07) is 9.80. The molecule has 30 heavy (non-hydrogen) atoms. The summed E-state index contributed by atoms with van der Waals surface area (Å²) in [4.78, 5) is 12.6. The molecule has 1 amide bonds. The number of nitrogens with one attached hydrogen (secondary N) is 1. The molecular formula is C22H26F3N3O2. The van der Waals surface area contributed by atoms with Gasteiger partial charge < -0.3 is 10.4 Å². The van der Waals surface area contributed by atoms with Crippen LogP contribution in [0.5, 0.6) is 0 Å². The smallest absolute Gasteiger partial charge is 0.394 e. The molecule has 0 radical (unpaired) electrons. The number of carbonyl (C=O) groups is 1. The van der Waals surface area contributed by atoms with Crippen LogP contribution in [-0.2, 0) is 17.8 Å². The molecular weight excluding hydrogens is 395 g/mol. The average Bonchev–Trinajstić information content (AvgIpc) is 3.37. The molecule has 1 aromatic carbocycles. The number of anilines is 1. The summed E-state index contributed by atoms with van der Waals surface area (Å²) in [7, 11) is 0. The minimum Gasteiger partial charge on any atom is -0.394 e. The molecule has 0 saturated heterocycles. The van der Waals surface area contributed by atoms with Gasteiger partial charge in [0.25, 0.3) is 0 Å². The summed E-state index contributed by atoms with van der Waals surface area (Å²) < 4.78 is 41.4. The van der Waals surface area contributed by atoms with Crippen LogP contribution in [0.1, 0.15) is 61.3 Å². The van der Waals surface area contributed by atoms with Gasteiger partial charge in [0.05, 0.1) is 24.3 Å². The maximum absolute atomic E-state index is 13.3. The number of aromatic nitrogens is 2. The van der Waals surface area contributed by atoms with Crippen molar-refractivity contribution in [1.29, 1.82) is 0 Å². The standard InChI is InChI=1S/C22H26F3N3O2/c23-22(24,25)21(9-10-21)14-18(30)26-20-19(16-7-4-8-16)17(27-28(20)11-12-29)13-15-5-2-1-3-6-15/h1-3,5-6,16,29H,4,7-14H2,(H,26,30). The van der Waals surface area contributed by atoms with Gasteiger partial charge in [-0.1, -0.05) is 36.8 Å². The molecule has 8 heteroatoms. The van der Waals surface area contributed by atoms with Gasteiger partial charge in [0, 0.05) is 18.4 Å². The van der Waals surface area contributed by atoms with Crippen molar-refractivity contribution in [2.75, 3.05) is 11.9 Å². The van der Waals surface area contributed by atoms with Crippen LogP contribution < -0.4 is 5.32 Å². The van der Waals surface area contributed by atoms with Crippen molar-refractivity contribution in [3.63, 3.8) is 0 Å². The maximum Gasteiger partial charge on any atom is 0.395 e. The number of nitrogens with zero attached hydrogens (tertiary/aromatic N) is 2. The van der Waals surface area contributed by atoms with Crippen molar-refractivity contribution in [2.24, 2.45) is 5.41 Å². The van der Waals surface area contributed by atoms with Crippen molar-refractivity contribution in [3.8, 4) is 0 Å². The second-order valence-electron chi connectivity index (χ2n) is 8.45. The zero-order valence-electron chi connectivity index (χ0n) is 16.7. The van der Waals surface area contributed by atoms with Gasteiger partial charge >= 0.3 is 6.18 Å². The fourth-order valence-corrected chi connectivity index (χ4v) is 4.15. The van der Waals surface area contributed by atoms with Crippen LogP contribution in [0.25, 0.3) is 0 Å². The number of aliphatic hydroxyl groups is 1. The van der Waals surface area contributed by atoms with Crippen LogP contribution in [-0.4, -0.2) is 33.6 Å². The first-order valence-corrected chi connectivity index (χ1v) is 10.4. The molecule has 0 aliphatic heterocycles. The van der Waals surface area contributed by atoms with Crippen LogP contribution in [0.3, 0.4) is 0 Å². The Balaban J connectivity index is 1.62. The number of alkyl halides is 3. The van der Waals surface area contributed by atoms with Gasteiger partial charge in [-0.15, -0.1) is 0 Å². The highest BCUT2D eigenvalue weighted by molar-refractivity contribution is 5.91. The van der Waals surface area contributed by atoms with E-state index in [1.54, 1.807) is 0 Å². The minimum atomic E-state index is -4.37. The third kappa shape index (κ3) is 4.10. The molecule has 0 spiro atoms. The second-order valence-corrected chi connectivity index (χ2v) is 8.45. The van der Waals surface area contributed by atoms with Gasteiger partial charge in [-0.25, -0.2) is 4.68 Å². The second kappa shape index (κ2) is 8.06. The number of hydrogen-bond donors (Lipinski definition) is 2. The van der Waals surface area contributed by atoms with Crippen molar-refractivity contribution >= 4 is 11.7 Å². The fourth-order valence-electron chi connectivity index (χ4n) is 4.15. The molecule has 2 aromatic rings. The molecule has 0 bridgehead atoms. The lowest BCUT2D eigenvalue weighted by molar-refractivity contribution is -0.189. The number of hydrogen-bond acceptors (Lipinski definition) is 3. The fraction of sp³-hybridized carbons (Fsp3) is 0.545. The highest BCUT2D eigenvalue weighted by Crippen LogP contribution is 2.60. The van der Waals surface area contributed by atoms with Gasteiger partial charge in [0.2, 0.25) is 5.91 Å². The molecule has 162 valence electrons. The highest BCUT2D eigenvalue weighted by Gasteiger charge is 2.63. The van der Waals surface area contributed by atoms with Crippen LogP contribution in [0.4, 0.5) is 19.0 Å². The number of aliphatic hydroxyl groups excluding tert-OH is 1. The van der Waals surface area contributed by atoms with Gasteiger partial charge in [0.1, 0.15) is 5.82 Å². The maximum atomic E-state index is 13.3. The summed E-state index contributed by atoms with van der Waals surface area (Å²) in [6.45, 7) is 0.000456. The van der Waals surface area contributed by atoms with E-state index in [9.17, 15) is 23.1 Å². The normalized spacial score (nSPS) is 18.1. The Morgan fingerprint density at radius 3 is 2.47 bits per heavy atom. The Kier molecular flexibility index (Phi) is 5.61. The quantitative estimate of drug-likeness (QED) is 0.664. The van der Waals surface area contributed by atoms with Crippen molar-refractivity contribution in [1.82, 2.24) is 9.78 Å². The molecule has 2 aliphatic carbocycles. The Bertz CT molecular complexity index is 900. The van der Waals surface area contributed by atoms with Crippen LogP contribution in [0.15, 0.2) is 30.3 Å². The Labute approximate surface area is 173 Å². The molecule has 4 rings (SSSR count). The molecule has 0 atom stereocenters. The lowest BCUT2D eigenvalue weighted by atomic mass is 9.79. The van der Waals surface area contributed by atoms with E-state index >= 15 is 0 Å². The summed E-state index contributed by atoms with van der Waals surface area (Å²) >= 11 is 0. The summed E-state index contributed by atoms with van der Waals surface area (Å²) in [5, 5.41) is 16.8. The Morgan fingerprint density at radius 1 is 1.23 bits per heavy atom. The average molecular weight is 421 g/mol. The van der Waals surface area contributed by atoms with Crippen molar-refractivity contribution in [2.45, 2.75) is 63.6 Å². The Hall–Kier alpha value is -2.35. The van der Waals surface area contributed by atoms with E-state index in [2.05, 4.69) is 10.4 Å². The topological polar surface area (TPSA) is 67.2 Å². The summed E-state index contributed by atoms with van der Waals surface area (Å²) in [6.07, 6.45) is -1.39. The highest BCUT2D eigenvalue weighted by atomic mass is 19.4. The minimum absolute atomic E-state index is 0.00540.